The highest BCUT2D eigenvalue weighted by atomic mass is 79.9. The first-order chi connectivity index (χ1) is 9.63. The molecule has 0 unspecified atom stereocenters. The molecule has 2 aromatic carbocycles. The molecule has 2 rings (SSSR count). The summed E-state index contributed by atoms with van der Waals surface area (Å²) in [5.41, 5.74) is 1.93. The molecule has 0 fully saturated rings. The Bertz CT molecular complexity index is 562. The topological polar surface area (TPSA) is 32.3 Å². The van der Waals surface area contributed by atoms with Gasteiger partial charge in [0, 0.05) is 16.9 Å². The average molecular weight is 355 g/mol. The van der Waals surface area contributed by atoms with E-state index in [2.05, 4.69) is 21.2 Å². The second-order valence-corrected chi connectivity index (χ2v) is 5.95. The normalized spacial score (nSPS) is 14.0. The average Bonchev–Trinajstić information content (AvgIpc) is 2.48. The van der Waals surface area contributed by atoms with E-state index in [0.717, 1.165) is 15.6 Å². The smallest absolute Gasteiger partial charge is 0.0870 e. The minimum atomic E-state index is -0.569. The second-order valence-electron chi connectivity index (χ2n) is 4.69. The third-order valence-corrected chi connectivity index (χ3v) is 4.55. The first-order valence-corrected chi connectivity index (χ1v) is 7.63. The van der Waals surface area contributed by atoms with Gasteiger partial charge in [0.15, 0.2) is 0 Å². The minimum Gasteiger partial charge on any atom is -0.388 e. The largest absolute Gasteiger partial charge is 0.388 e. The SMILES string of the molecule is CNC[C@H](c1ccc(Br)c(Cl)c1)[C@H](O)c1ccccc1. The second kappa shape index (κ2) is 7.23. The maximum Gasteiger partial charge on any atom is 0.0870 e. The zero-order valence-electron chi connectivity index (χ0n) is 11.2. The Hall–Kier alpha value is -0.870. The molecule has 0 aliphatic rings. The molecule has 0 heterocycles. The molecular formula is C16H17BrClNO. The third-order valence-electron chi connectivity index (χ3n) is 3.32. The molecule has 0 aliphatic carbocycles. The number of benzene rings is 2. The van der Waals surface area contributed by atoms with Crippen LogP contribution in [0.2, 0.25) is 5.02 Å². The lowest BCUT2D eigenvalue weighted by Crippen LogP contribution is -2.23. The van der Waals surface area contributed by atoms with Crippen LogP contribution >= 0.6 is 27.5 Å². The van der Waals surface area contributed by atoms with Crippen LogP contribution in [0.5, 0.6) is 0 Å². The highest BCUT2D eigenvalue weighted by molar-refractivity contribution is 9.10. The Kier molecular flexibility index (Phi) is 5.61. The molecular weight excluding hydrogens is 338 g/mol. The van der Waals surface area contributed by atoms with Crippen LogP contribution in [0.15, 0.2) is 53.0 Å². The summed E-state index contributed by atoms with van der Waals surface area (Å²) < 4.78 is 0.861. The van der Waals surface area contributed by atoms with Crippen molar-refractivity contribution in [1.82, 2.24) is 5.32 Å². The van der Waals surface area contributed by atoms with Gasteiger partial charge in [0.05, 0.1) is 11.1 Å². The molecule has 106 valence electrons. The number of nitrogens with one attached hydrogen (secondary N) is 1. The number of likely N-dealkylation sites (N-methyl/N-ethyl adjacent to an activating group) is 1. The molecule has 2 atom stereocenters. The predicted octanol–water partition coefficient (Wildman–Crippen LogP) is 4.14. The van der Waals surface area contributed by atoms with Crippen LogP contribution in [-0.4, -0.2) is 18.7 Å². The van der Waals surface area contributed by atoms with Gasteiger partial charge in [0.2, 0.25) is 0 Å². The molecule has 4 heteroatoms. The van der Waals surface area contributed by atoms with Crippen molar-refractivity contribution in [3.63, 3.8) is 0 Å². The highest BCUT2D eigenvalue weighted by Crippen LogP contribution is 2.33. The summed E-state index contributed by atoms with van der Waals surface area (Å²) in [5.74, 6) is -0.0481. The van der Waals surface area contributed by atoms with E-state index < -0.39 is 6.10 Å². The fourth-order valence-corrected chi connectivity index (χ4v) is 2.69. The molecule has 2 nitrogen and oxygen atoms in total. The van der Waals surface area contributed by atoms with Crippen molar-refractivity contribution in [3.8, 4) is 0 Å². The van der Waals surface area contributed by atoms with Crippen LogP contribution in [0.1, 0.15) is 23.1 Å². The summed E-state index contributed by atoms with van der Waals surface area (Å²) in [7, 11) is 1.88. The summed E-state index contributed by atoms with van der Waals surface area (Å²) in [6.45, 7) is 0.675. The summed E-state index contributed by atoms with van der Waals surface area (Å²) in [5, 5.41) is 14.4. The van der Waals surface area contributed by atoms with E-state index in [1.165, 1.54) is 0 Å². The van der Waals surface area contributed by atoms with Crippen molar-refractivity contribution in [1.29, 1.82) is 0 Å². The van der Waals surface area contributed by atoms with Gasteiger partial charge in [-0.25, -0.2) is 0 Å². The summed E-state index contributed by atoms with van der Waals surface area (Å²) in [6, 6.07) is 15.5. The van der Waals surface area contributed by atoms with Crippen LogP contribution in [0, 0.1) is 0 Å². The lowest BCUT2D eigenvalue weighted by atomic mass is 9.89. The Labute approximate surface area is 132 Å². The predicted molar refractivity (Wildman–Crippen MR) is 87.2 cm³/mol. The fraction of sp³-hybridized carbons (Fsp3) is 0.250. The van der Waals surface area contributed by atoms with Crippen LogP contribution < -0.4 is 5.32 Å². The maximum absolute atomic E-state index is 10.6. The van der Waals surface area contributed by atoms with E-state index in [1.54, 1.807) is 0 Å². The Morgan fingerprint density at radius 3 is 2.45 bits per heavy atom. The van der Waals surface area contributed by atoms with Gasteiger partial charge < -0.3 is 10.4 Å². The van der Waals surface area contributed by atoms with Gasteiger partial charge in [0.25, 0.3) is 0 Å². The van der Waals surface area contributed by atoms with E-state index in [0.29, 0.717) is 11.6 Å². The van der Waals surface area contributed by atoms with E-state index in [4.69, 9.17) is 11.6 Å². The van der Waals surface area contributed by atoms with E-state index >= 15 is 0 Å². The Morgan fingerprint density at radius 2 is 1.85 bits per heavy atom. The highest BCUT2D eigenvalue weighted by Gasteiger charge is 2.22. The molecule has 0 amide bonds. The summed E-state index contributed by atoms with van der Waals surface area (Å²) >= 11 is 9.55. The van der Waals surface area contributed by atoms with E-state index in [-0.39, 0.29) is 5.92 Å². The van der Waals surface area contributed by atoms with Gasteiger partial charge in [-0.2, -0.15) is 0 Å². The molecule has 0 saturated carbocycles. The van der Waals surface area contributed by atoms with Crippen molar-refractivity contribution < 1.29 is 5.11 Å². The Balaban J connectivity index is 2.33. The minimum absolute atomic E-state index is 0.0481. The van der Waals surface area contributed by atoms with E-state index in [1.807, 2.05) is 55.6 Å². The molecule has 0 saturated heterocycles. The number of rotatable bonds is 5. The van der Waals surface area contributed by atoms with Crippen molar-refractivity contribution in [3.05, 3.63) is 69.2 Å². The summed E-state index contributed by atoms with van der Waals surface area (Å²) in [4.78, 5) is 0. The molecule has 0 bridgehead atoms. The quantitative estimate of drug-likeness (QED) is 0.846. The zero-order valence-corrected chi connectivity index (χ0v) is 13.5. The van der Waals surface area contributed by atoms with Crippen LogP contribution in [0.25, 0.3) is 0 Å². The molecule has 0 aliphatic heterocycles. The van der Waals surface area contributed by atoms with Gasteiger partial charge in [0.1, 0.15) is 0 Å². The zero-order chi connectivity index (χ0) is 14.5. The van der Waals surface area contributed by atoms with Gasteiger partial charge in [-0.1, -0.05) is 48.0 Å². The van der Waals surface area contributed by atoms with Crippen LogP contribution in [0.3, 0.4) is 0 Å². The number of hydrogen-bond donors (Lipinski definition) is 2. The van der Waals surface area contributed by atoms with Crippen molar-refractivity contribution in [2.75, 3.05) is 13.6 Å². The third kappa shape index (κ3) is 3.61. The summed E-state index contributed by atoms with van der Waals surface area (Å²) in [6.07, 6.45) is -0.569. The van der Waals surface area contributed by atoms with E-state index in [9.17, 15) is 5.11 Å². The molecule has 0 radical (unpaired) electrons. The van der Waals surface area contributed by atoms with Gasteiger partial charge >= 0.3 is 0 Å². The van der Waals surface area contributed by atoms with Crippen molar-refractivity contribution >= 4 is 27.5 Å². The number of aliphatic hydroxyl groups excluding tert-OH is 1. The molecule has 2 aromatic rings. The first kappa shape index (κ1) is 15.5. The number of aliphatic hydroxyl groups is 1. The van der Waals surface area contributed by atoms with Gasteiger partial charge in [-0.3, -0.25) is 0 Å². The maximum atomic E-state index is 10.6. The lowest BCUT2D eigenvalue weighted by molar-refractivity contribution is 0.144. The molecule has 0 aromatic heterocycles. The molecule has 0 spiro atoms. The fourth-order valence-electron chi connectivity index (χ4n) is 2.26. The van der Waals surface area contributed by atoms with Crippen molar-refractivity contribution in [2.24, 2.45) is 0 Å². The van der Waals surface area contributed by atoms with Crippen LogP contribution in [-0.2, 0) is 0 Å². The van der Waals surface area contributed by atoms with Gasteiger partial charge in [-0.05, 0) is 46.2 Å². The monoisotopic (exact) mass is 353 g/mol. The van der Waals surface area contributed by atoms with Crippen LogP contribution in [0.4, 0.5) is 0 Å². The standard InChI is InChI=1S/C16H17BrClNO/c1-19-10-13(12-7-8-14(17)15(18)9-12)16(20)11-5-3-2-4-6-11/h2-9,13,16,19-20H,10H2,1H3/t13-,16-/m1/s1. The number of halogens is 2. The lowest BCUT2D eigenvalue weighted by Gasteiger charge is -2.24. The van der Waals surface area contributed by atoms with Gasteiger partial charge in [-0.15, -0.1) is 0 Å². The Morgan fingerprint density at radius 1 is 1.15 bits per heavy atom. The number of hydrogen-bond acceptors (Lipinski definition) is 2. The molecule has 20 heavy (non-hydrogen) atoms. The van der Waals surface area contributed by atoms with Crippen molar-refractivity contribution in [2.45, 2.75) is 12.0 Å². The first-order valence-electron chi connectivity index (χ1n) is 6.46. The molecule has 2 N–H and O–H groups in total.